The van der Waals surface area contributed by atoms with E-state index in [9.17, 15) is 0 Å². The summed E-state index contributed by atoms with van der Waals surface area (Å²) in [6.07, 6.45) is 9.59. The third-order valence-electron chi connectivity index (χ3n) is 3.60. The van der Waals surface area contributed by atoms with Gasteiger partial charge in [-0.3, -0.25) is 0 Å². The van der Waals surface area contributed by atoms with Gasteiger partial charge in [-0.25, -0.2) is 0 Å². The van der Waals surface area contributed by atoms with E-state index in [0.29, 0.717) is 12.2 Å². The SMILES string of the molecule is CCCCCOCC1CCC(CNC2CC2)O1. The number of ether oxygens (including phenoxy) is 2. The van der Waals surface area contributed by atoms with E-state index in [1.54, 1.807) is 0 Å². The van der Waals surface area contributed by atoms with Crippen LogP contribution in [-0.4, -0.2) is 38.0 Å². The highest BCUT2D eigenvalue weighted by molar-refractivity contribution is 4.84. The summed E-state index contributed by atoms with van der Waals surface area (Å²) < 4.78 is 11.6. The van der Waals surface area contributed by atoms with E-state index in [1.807, 2.05) is 0 Å². The van der Waals surface area contributed by atoms with Gasteiger partial charge in [-0.1, -0.05) is 19.8 Å². The van der Waals surface area contributed by atoms with E-state index in [0.717, 1.165) is 25.8 Å². The number of unbranched alkanes of at least 4 members (excludes halogenated alkanes) is 2. The van der Waals surface area contributed by atoms with Crippen molar-refractivity contribution in [2.75, 3.05) is 19.8 Å². The molecule has 1 N–H and O–H groups in total. The first kappa shape index (κ1) is 13.3. The molecule has 2 unspecified atom stereocenters. The van der Waals surface area contributed by atoms with Gasteiger partial charge in [0, 0.05) is 19.2 Å². The highest BCUT2D eigenvalue weighted by atomic mass is 16.5. The average molecular weight is 241 g/mol. The Kier molecular flexibility index (Phi) is 5.75. The number of nitrogens with one attached hydrogen (secondary N) is 1. The van der Waals surface area contributed by atoms with Gasteiger partial charge < -0.3 is 14.8 Å². The molecule has 2 atom stereocenters. The topological polar surface area (TPSA) is 30.5 Å². The third-order valence-corrected chi connectivity index (χ3v) is 3.60. The van der Waals surface area contributed by atoms with E-state index in [4.69, 9.17) is 9.47 Å². The van der Waals surface area contributed by atoms with Crippen LogP contribution in [0.4, 0.5) is 0 Å². The molecule has 3 heteroatoms. The monoisotopic (exact) mass is 241 g/mol. The minimum Gasteiger partial charge on any atom is -0.379 e. The molecule has 0 radical (unpaired) electrons. The first-order chi connectivity index (χ1) is 8.38. The van der Waals surface area contributed by atoms with Crippen LogP contribution in [0, 0.1) is 0 Å². The second kappa shape index (κ2) is 7.34. The van der Waals surface area contributed by atoms with Gasteiger partial charge in [-0.15, -0.1) is 0 Å². The Hall–Kier alpha value is -0.120. The molecule has 0 aromatic heterocycles. The second-order valence-electron chi connectivity index (χ2n) is 5.42. The van der Waals surface area contributed by atoms with Gasteiger partial charge in [0.05, 0.1) is 18.8 Å². The Morgan fingerprint density at radius 1 is 1.12 bits per heavy atom. The van der Waals surface area contributed by atoms with Crippen LogP contribution in [0.5, 0.6) is 0 Å². The van der Waals surface area contributed by atoms with Gasteiger partial charge in [0.2, 0.25) is 0 Å². The molecule has 0 aromatic rings. The summed E-state index contributed by atoms with van der Waals surface area (Å²) in [6, 6.07) is 0.794. The third kappa shape index (κ3) is 5.36. The van der Waals surface area contributed by atoms with Crippen LogP contribution in [-0.2, 0) is 9.47 Å². The smallest absolute Gasteiger partial charge is 0.0813 e. The highest BCUT2D eigenvalue weighted by Crippen LogP contribution is 2.22. The summed E-state index contributed by atoms with van der Waals surface area (Å²) in [4.78, 5) is 0. The summed E-state index contributed by atoms with van der Waals surface area (Å²) in [6.45, 7) is 4.96. The fourth-order valence-electron chi connectivity index (χ4n) is 2.31. The molecule has 0 bridgehead atoms. The highest BCUT2D eigenvalue weighted by Gasteiger charge is 2.27. The molecule has 0 amide bonds. The van der Waals surface area contributed by atoms with Crippen molar-refractivity contribution in [2.24, 2.45) is 0 Å². The molecule has 2 rings (SSSR count). The minimum absolute atomic E-state index is 0.350. The zero-order valence-electron chi connectivity index (χ0n) is 11.1. The molecule has 2 fully saturated rings. The maximum atomic E-state index is 5.96. The summed E-state index contributed by atoms with van der Waals surface area (Å²) in [7, 11) is 0. The maximum absolute atomic E-state index is 5.96. The molecule has 1 aliphatic carbocycles. The summed E-state index contributed by atoms with van der Waals surface area (Å²) in [5.41, 5.74) is 0. The van der Waals surface area contributed by atoms with Gasteiger partial charge >= 0.3 is 0 Å². The zero-order valence-corrected chi connectivity index (χ0v) is 11.1. The van der Waals surface area contributed by atoms with Crippen molar-refractivity contribution in [1.82, 2.24) is 5.32 Å². The van der Waals surface area contributed by atoms with Crippen molar-refractivity contribution < 1.29 is 9.47 Å². The van der Waals surface area contributed by atoms with Crippen LogP contribution in [0.2, 0.25) is 0 Å². The molecule has 0 spiro atoms. The molecule has 1 saturated carbocycles. The molecule has 1 aliphatic heterocycles. The predicted octanol–water partition coefficient (Wildman–Crippen LogP) is 2.49. The van der Waals surface area contributed by atoms with E-state index in [-0.39, 0.29) is 0 Å². The van der Waals surface area contributed by atoms with E-state index in [2.05, 4.69) is 12.2 Å². The Balaban J connectivity index is 1.45. The van der Waals surface area contributed by atoms with Crippen molar-refractivity contribution in [1.29, 1.82) is 0 Å². The van der Waals surface area contributed by atoms with Gasteiger partial charge in [-0.05, 0) is 32.1 Å². The van der Waals surface area contributed by atoms with Crippen LogP contribution >= 0.6 is 0 Å². The summed E-state index contributed by atoms with van der Waals surface area (Å²) >= 11 is 0. The lowest BCUT2D eigenvalue weighted by Gasteiger charge is -2.14. The largest absolute Gasteiger partial charge is 0.379 e. The molecule has 1 saturated heterocycles. The summed E-state index contributed by atoms with van der Waals surface area (Å²) in [5.74, 6) is 0. The Morgan fingerprint density at radius 3 is 2.71 bits per heavy atom. The van der Waals surface area contributed by atoms with Crippen LogP contribution < -0.4 is 5.32 Å². The molecule has 2 aliphatic rings. The Labute approximate surface area is 105 Å². The van der Waals surface area contributed by atoms with Gasteiger partial charge in [0.25, 0.3) is 0 Å². The van der Waals surface area contributed by atoms with Gasteiger partial charge in [0.15, 0.2) is 0 Å². The molecule has 0 aromatic carbocycles. The normalized spacial score (nSPS) is 28.8. The Bertz CT molecular complexity index is 206. The van der Waals surface area contributed by atoms with Gasteiger partial charge in [-0.2, -0.15) is 0 Å². The van der Waals surface area contributed by atoms with Crippen molar-refractivity contribution >= 4 is 0 Å². The van der Waals surface area contributed by atoms with Crippen LogP contribution in [0.1, 0.15) is 51.9 Å². The molecular formula is C14H27NO2. The Morgan fingerprint density at radius 2 is 1.94 bits per heavy atom. The molecular weight excluding hydrogens is 214 g/mol. The molecule has 3 nitrogen and oxygen atoms in total. The van der Waals surface area contributed by atoms with Crippen LogP contribution in [0.25, 0.3) is 0 Å². The van der Waals surface area contributed by atoms with Crippen molar-refractivity contribution in [3.05, 3.63) is 0 Å². The van der Waals surface area contributed by atoms with Crippen LogP contribution in [0.3, 0.4) is 0 Å². The number of hydrogen-bond acceptors (Lipinski definition) is 3. The summed E-state index contributed by atoms with van der Waals surface area (Å²) in [5, 5.41) is 3.54. The lowest BCUT2D eigenvalue weighted by atomic mass is 10.2. The van der Waals surface area contributed by atoms with E-state index < -0.39 is 0 Å². The quantitative estimate of drug-likeness (QED) is 0.629. The predicted molar refractivity (Wildman–Crippen MR) is 69.3 cm³/mol. The number of hydrogen-bond donors (Lipinski definition) is 1. The zero-order chi connectivity index (χ0) is 11.9. The molecule has 17 heavy (non-hydrogen) atoms. The van der Waals surface area contributed by atoms with Crippen molar-refractivity contribution in [2.45, 2.75) is 70.1 Å². The van der Waals surface area contributed by atoms with E-state index in [1.165, 1.54) is 44.9 Å². The first-order valence-corrected chi connectivity index (χ1v) is 7.35. The lowest BCUT2D eigenvalue weighted by molar-refractivity contribution is -0.0150. The molecule has 1 heterocycles. The second-order valence-corrected chi connectivity index (χ2v) is 5.42. The van der Waals surface area contributed by atoms with Gasteiger partial charge in [0.1, 0.15) is 0 Å². The van der Waals surface area contributed by atoms with E-state index >= 15 is 0 Å². The minimum atomic E-state index is 0.350. The van der Waals surface area contributed by atoms with Crippen molar-refractivity contribution in [3.8, 4) is 0 Å². The molecule has 100 valence electrons. The maximum Gasteiger partial charge on any atom is 0.0813 e. The standard InChI is InChI=1S/C14H27NO2/c1-2-3-4-9-16-11-14-8-7-13(17-14)10-15-12-5-6-12/h12-15H,2-11H2,1H3. The lowest BCUT2D eigenvalue weighted by Crippen LogP contribution is -2.29. The van der Waals surface area contributed by atoms with Crippen LogP contribution in [0.15, 0.2) is 0 Å². The fraction of sp³-hybridized carbons (Fsp3) is 1.00. The van der Waals surface area contributed by atoms with Crippen molar-refractivity contribution in [3.63, 3.8) is 0 Å². The average Bonchev–Trinajstić information content (AvgIpc) is 3.06. The number of rotatable bonds is 9. The fourth-order valence-corrected chi connectivity index (χ4v) is 2.31. The first-order valence-electron chi connectivity index (χ1n) is 7.35.